The van der Waals surface area contributed by atoms with Crippen LogP contribution in [-0.4, -0.2) is 26.5 Å². The minimum atomic E-state index is -0.336. The first-order valence-electron chi connectivity index (χ1n) is 9.19. The van der Waals surface area contributed by atoms with E-state index in [9.17, 15) is 9.59 Å². The number of carbonyl (C=O) groups is 2. The van der Waals surface area contributed by atoms with Crippen LogP contribution in [-0.2, 0) is 11.3 Å². The van der Waals surface area contributed by atoms with E-state index in [1.807, 2.05) is 31.3 Å². The van der Waals surface area contributed by atoms with Crippen molar-refractivity contribution in [1.82, 2.24) is 9.55 Å². The normalized spacial score (nSPS) is 11.8. The van der Waals surface area contributed by atoms with Crippen LogP contribution < -0.4 is 5.32 Å². The van der Waals surface area contributed by atoms with Crippen LogP contribution in [0.5, 0.6) is 0 Å². The molecule has 5 nitrogen and oxygen atoms in total. The monoisotopic (exact) mass is 393 g/mol. The van der Waals surface area contributed by atoms with Crippen molar-refractivity contribution in [3.05, 3.63) is 66.4 Å². The average molecular weight is 394 g/mol. The first-order chi connectivity index (χ1) is 13.5. The minimum Gasteiger partial charge on any atom is -0.325 e. The van der Waals surface area contributed by atoms with Gasteiger partial charge in [-0.25, -0.2) is 4.98 Å². The summed E-state index contributed by atoms with van der Waals surface area (Å²) in [5.41, 5.74) is 3.33. The Morgan fingerprint density at radius 2 is 1.89 bits per heavy atom. The quantitative estimate of drug-likeness (QED) is 0.458. The van der Waals surface area contributed by atoms with Crippen molar-refractivity contribution in [2.24, 2.45) is 0 Å². The number of ketones is 1. The summed E-state index contributed by atoms with van der Waals surface area (Å²) in [6.45, 7) is 6.19. The van der Waals surface area contributed by atoms with Crippen LogP contribution in [0.4, 0.5) is 5.69 Å². The molecule has 0 saturated carbocycles. The molecule has 1 aromatic heterocycles. The fourth-order valence-electron chi connectivity index (χ4n) is 2.87. The van der Waals surface area contributed by atoms with E-state index in [0.29, 0.717) is 11.3 Å². The highest BCUT2D eigenvalue weighted by Crippen LogP contribution is 2.29. The number of rotatable bonds is 7. The number of anilines is 1. The van der Waals surface area contributed by atoms with E-state index < -0.39 is 0 Å². The molecule has 0 spiro atoms. The third-order valence-electron chi connectivity index (χ3n) is 4.39. The van der Waals surface area contributed by atoms with Crippen LogP contribution in [0.3, 0.4) is 0 Å². The van der Waals surface area contributed by atoms with Crippen LogP contribution in [0.25, 0.3) is 11.3 Å². The molecule has 0 aliphatic rings. The largest absolute Gasteiger partial charge is 0.325 e. The SMILES string of the molecule is CCn1c(-c2ccccc2)cnc1S[C@@H](C)C(=O)Nc1cccc(C(C)=O)c1. The Balaban J connectivity index is 1.73. The number of nitrogens with zero attached hydrogens (tertiary/aromatic N) is 2. The van der Waals surface area contributed by atoms with Gasteiger partial charge in [-0.05, 0) is 38.5 Å². The second-order valence-electron chi connectivity index (χ2n) is 6.42. The number of Topliss-reactive ketones (excluding diaryl/α,β-unsaturated/α-hetero) is 1. The van der Waals surface area contributed by atoms with Crippen LogP contribution >= 0.6 is 11.8 Å². The summed E-state index contributed by atoms with van der Waals surface area (Å²) in [5, 5.41) is 3.36. The van der Waals surface area contributed by atoms with E-state index in [1.54, 1.807) is 24.3 Å². The Labute approximate surface area is 169 Å². The Kier molecular flexibility index (Phi) is 6.31. The highest BCUT2D eigenvalue weighted by Gasteiger charge is 2.19. The standard InChI is InChI=1S/C22H23N3O2S/c1-4-25-20(17-9-6-5-7-10-17)14-23-22(25)28-16(3)21(27)24-19-12-8-11-18(13-19)15(2)26/h5-14,16H,4H2,1-3H3,(H,24,27)/t16-/m0/s1. The molecule has 6 heteroatoms. The average Bonchev–Trinajstić information content (AvgIpc) is 3.11. The van der Waals surface area contributed by atoms with Crippen molar-refractivity contribution in [3.8, 4) is 11.3 Å². The van der Waals surface area contributed by atoms with Crippen LogP contribution in [0, 0.1) is 0 Å². The molecule has 0 bridgehead atoms. The first kappa shape index (κ1) is 19.9. The number of benzene rings is 2. The van der Waals surface area contributed by atoms with E-state index in [0.717, 1.165) is 23.0 Å². The van der Waals surface area contributed by atoms with Gasteiger partial charge in [0.2, 0.25) is 5.91 Å². The van der Waals surface area contributed by atoms with Gasteiger partial charge < -0.3 is 9.88 Å². The van der Waals surface area contributed by atoms with Gasteiger partial charge in [-0.2, -0.15) is 0 Å². The number of nitrogens with one attached hydrogen (secondary N) is 1. The molecule has 28 heavy (non-hydrogen) atoms. The lowest BCUT2D eigenvalue weighted by Crippen LogP contribution is -2.23. The second kappa shape index (κ2) is 8.89. The van der Waals surface area contributed by atoms with Crippen molar-refractivity contribution in [2.45, 2.75) is 37.7 Å². The zero-order valence-electron chi connectivity index (χ0n) is 16.2. The molecule has 3 aromatic rings. The number of carbonyl (C=O) groups excluding carboxylic acids is 2. The molecule has 0 aliphatic carbocycles. The highest BCUT2D eigenvalue weighted by molar-refractivity contribution is 8.00. The first-order valence-corrected chi connectivity index (χ1v) is 10.1. The summed E-state index contributed by atoms with van der Waals surface area (Å²) in [4.78, 5) is 28.7. The van der Waals surface area contributed by atoms with Gasteiger partial charge in [0, 0.05) is 17.8 Å². The number of thioether (sulfide) groups is 1. The topological polar surface area (TPSA) is 64.0 Å². The molecular formula is C22H23N3O2S. The third kappa shape index (κ3) is 4.51. The number of hydrogen-bond donors (Lipinski definition) is 1. The number of hydrogen-bond acceptors (Lipinski definition) is 4. The Morgan fingerprint density at radius 3 is 2.57 bits per heavy atom. The van der Waals surface area contributed by atoms with Crippen LogP contribution in [0.15, 0.2) is 66.0 Å². The zero-order chi connectivity index (χ0) is 20.1. The summed E-state index contributed by atoms with van der Waals surface area (Å²) in [6, 6.07) is 17.1. The third-order valence-corrected chi connectivity index (χ3v) is 5.50. The Morgan fingerprint density at radius 1 is 1.14 bits per heavy atom. The number of aromatic nitrogens is 2. The number of imidazole rings is 1. The van der Waals surface area contributed by atoms with Gasteiger partial charge in [0.1, 0.15) is 0 Å². The van der Waals surface area contributed by atoms with Crippen molar-refractivity contribution < 1.29 is 9.59 Å². The molecule has 1 N–H and O–H groups in total. The van der Waals surface area contributed by atoms with E-state index in [-0.39, 0.29) is 16.9 Å². The number of amides is 1. The molecule has 1 heterocycles. The molecule has 0 unspecified atom stereocenters. The minimum absolute atomic E-state index is 0.0306. The van der Waals surface area contributed by atoms with Crippen LogP contribution in [0.1, 0.15) is 31.1 Å². The smallest absolute Gasteiger partial charge is 0.237 e. The maximum atomic E-state index is 12.6. The Hall–Kier alpha value is -2.86. The molecule has 1 amide bonds. The van der Waals surface area contributed by atoms with E-state index in [2.05, 4.69) is 33.9 Å². The van der Waals surface area contributed by atoms with Gasteiger partial charge in [-0.3, -0.25) is 9.59 Å². The molecular weight excluding hydrogens is 370 g/mol. The summed E-state index contributed by atoms with van der Waals surface area (Å²) in [5.74, 6) is -0.158. The molecule has 144 valence electrons. The molecule has 0 aliphatic heterocycles. The maximum Gasteiger partial charge on any atom is 0.237 e. The maximum absolute atomic E-state index is 12.6. The predicted molar refractivity (Wildman–Crippen MR) is 114 cm³/mol. The van der Waals surface area contributed by atoms with Gasteiger partial charge in [0.15, 0.2) is 10.9 Å². The second-order valence-corrected chi connectivity index (χ2v) is 7.73. The predicted octanol–water partition coefficient (Wildman–Crippen LogP) is 4.89. The lowest BCUT2D eigenvalue weighted by Gasteiger charge is -2.14. The lowest BCUT2D eigenvalue weighted by atomic mass is 10.1. The van der Waals surface area contributed by atoms with E-state index >= 15 is 0 Å². The van der Waals surface area contributed by atoms with Crippen molar-refractivity contribution in [3.63, 3.8) is 0 Å². The summed E-state index contributed by atoms with van der Waals surface area (Å²) >= 11 is 1.42. The van der Waals surface area contributed by atoms with Gasteiger partial charge in [0.25, 0.3) is 0 Å². The van der Waals surface area contributed by atoms with Crippen molar-refractivity contribution >= 4 is 29.1 Å². The van der Waals surface area contributed by atoms with Gasteiger partial charge >= 0.3 is 0 Å². The summed E-state index contributed by atoms with van der Waals surface area (Å²) in [7, 11) is 0. The summed E-state index contributed by atoms with van der Waals surface area (Å²) in [6.07, 6.45) is 1.85. The van der Waals surface area contributed by atoms with Crippen LogP contribution in [0.2, 0.25) is 0 Å². The van der Waals surface area contributed by atoms with Gasteiger partial charge in [-0.1, -0.05) is 54.2 Å². The fraction of sp³-hybridized carbons (Fsp3) is 0.227. The molecule has 2 aromatic carbocycles. The van der Waals surface area contributed by atoms with E-state index in [1.165, 1.54) is 18.7 Å². The van der Waals surface area contributed by atoms with E-state index in [4.69, 9.17) is 0 Å². The fourth-order valence-corrected chi connectivity index (χ4v) is 3.82. The Bertz CT molecular complexity index is 982. The van der Waals surface area contributed by atoms with Crippen molar-refractivity contribution in [2.75, 3.05) is 5.32 Å². The van der Waals surface area contributed by atoms with Gasteiger partial charge in [-0.15, -0.1) is 0 Å². The summed E-state index contributed by atoms with van der Waals surface area (Å²) < 4.78 is 2.11. The lowest BCUT2D eigenvalue weighted by molar-refractivity contribution is -0.115. The molecule has 0 fully saturated rings. The molecule has 1 atom stereocenters. The molecule has 0 radical (unpaired) electrons. The van der Waals surface area contributed by atoms with Crippen molar-refractivity contribution in [1.29, 1.82) is 0 Å². The highest BCUT2D eigenvalue weighted by atomic mass is 32.2. The molecule has 0 saturated heterocycles. The van der Waals surface area contributed by atoms with Gasteiger partial charge in [0.05, 0.1) is 17.1 Å². The molecule has 3 rings (SSSR count). The zero-order valence-corrected chi connectivity index (χ0v) is 17.0.